The van der Waals surface area contributed by atoms with Crippen molar-refractivity contribution >= 4 is 47.8 Å². The van der Waals surface area contributed by atoms with Crippen LogP contribution >= 0.6 is 0 Å². The molecular formula is C66H108O8Sn. The molecule has 75 heavy (non-hydrogen) atoms. The van der Waals surface area contributed by atoms with Crippen molar-refractivity contribution in [2.24, 2.45) is 0 Å². The number of unbranched alkanes of at least 4 members (excludes halogenated alkanes) is 36. The van der Waals surface area contributed by atoms with Gasteiger partial charge in [0.2, 0.25) is 0 Å². The molecule has 0 unspecified atom stereocenters. The van der Waals surface area contributed by atoms with E-state index < -0.39 is 23.9 Å². The number of carbonyl (C=O) groups is 4. The van der Waals surface area contributed by atoms with E-state index in [1.165, 1.54) is 217 Å². The molecule has 0 aliphatic rings. The Labute approximate surface area is 477 Å². The summed E-state index contributed by atoms with van der Waals surface area (Å²) < 4.78 is 10.4. The number of benzene rings is 2. The number of hydrogen-bond donors (Lipinski definition) is 0. The largest absolute Gasteiger partial charge is 2.00 e. The average molecular weight is 1150 g/mol. The Morgan fingerprint density at radius 1 is 0.373 bits per heavy atom. The summed E-state index contributed by atoms with van der Waals surface area (Å²) in [4.78, 5) is 46.1. The predicted molar refractivity (Wildman–Crippen MR) is 315 cm³/mol. The number of carboxylic acid groups (broad SMARTS) is 2. The van der Waals surface area contributed by atoms with Gasteiger partial charge in [-0.2, -0.15) is 0 Å². The molecule has 0 atom stereocenters. The van der Waals surface area contributed by atoms with Crippen LogP contribution in [0.25, 0.3) is 0 Å². The summed E-state index contributed by atoms with van der Waals surface area (Å²) in [6.07, 6.45) is 54.7. The molecule has 0 spiro atoms. The first-order valence-electron chi connectivity index (χ1n) is 29.9. The van der Waals surface area contributed by atoms with Crippen molar-refractivity contribution in [2.45, 2.75) is 271 Å². The summed E-state index contributed by atoms with van der Waals surface area (Å²) >= 11 is 0. The first-order valence-corrected chi connectivity index (χ1v) is 29.9. The number of allylic oxidation sites excluding steroid dienone is 2. The van der Waals surface area contributed by atoms with Crippen molar-refractivity contribution in [2.75, 3.05) is 13.2 Å². The SMILES string of the molecule is C=CCCCCCCCCCCCCCCCOC(=O)c1ccccc1C(=O)[O-].C=CCCCCCCCCCCCCCCCOC(=O)c1ccccc1C(=O)[O-].[CH2]CCCCCCC.[CH2]CCCCCCC.[Sn+2]. The van der Waals surface area contributed by atoms with Gasteiger partial charge in [-0.25, -0.2) is 9.59 Å². The molecule has 0 bridgehead atoms. The number of carboxylic acids is 2. The summed E-state index contributed by atoms with van der Waals surface area (Å²) in [7, 11) is 0. The van der Waals surface area contributed by atoms with Crippen LogP contribution in [0.3, 0.4) is 0 Å². The van der Waals surface area contributed by atoms with Gasteiger partial charge in [-0.15, -0.1) is 13.2 Å². The molecule has 0 aliphatic carbocycles. The maximum absolute atomic E-state index is 12.0. The van der Waals surface area contributed by atoms with Crippen molar-refractivity contribution < 1.29 is 38.9 Å². The Bertz CT molecular complexity index is 1480. The maximum Gasteiger partial charge on any atom is 2.00 e. The molecule has 0 amide bonds. The van der Waals surface area contributed by atoms with Crippen LogP contribution in [0.2, 0.25) is 0 Å². The zero-order chi connectivity index (χ0) is 54.8. The minimum absolute atomic E-state index is 0. The van der Waals surface area contributed by atoms with Gasteiger partial charge in [-0.3, -0.25) is 0 Å². The third-order valence-corrected chi connectivity index (χ3v) is 13.0. The van der Waals surface area contributed by atoms with E-state index in [-0.39, 0.29) is 46.2 Å². The quantitative estimate of drug-likeness (QED) is 0.0277. The van der Waals surface area contributed by atoms with Gasteiger partial charge in [0.05, 0.1) is 36.3 Å². The van der Waals surface area contributed by atoms with Gasteiger partial charge in [0, 0.05) is 11.1 Å². The van der Waals surface area contributed by atoms with Gasteiger partial charge in [-0.1, -0.05) is 295 Å². The minimum Gasteiger partial charge on any atom is -0.545 e. The molecule has 0 saturated carbocycles. The molecule has 2 aromatic rings. The smallest absolute Gasteiger partial charge is 0.545 e. The third kappa shape index (κ3) is 51.1. The van der Waals surface area contributed by atoms with Gasteiger partial charge in [-0.05, 0) is 50.7 Å². The molecule has 0 aromatic heterocycles. The van der Waals surface area contributed by atoms with E-state index in [2.05, 4.69) is 40.9 Å². The fourth-order valence-electron chi connectivity index (χ4n) is 8.39. The standard InChI is InChI=1S/2C25H38O4.2C8H17.Sn/c2*1-2-3-4-5-6-7-8-9-10-11-12-13-14-15-18-21-29-25(28)23-20-17-16-19-22(23)24(26)27;2*1-3-5-7-8-6-4-2;/h2*2,16-17,19-20H,1,3-15,18,21H2,(H,26,27);2*1,3-8H2,2H3;/q;;;;+2/p-2. The molecule has 0 aliphatic heterocycles. The Morgan fingerprint density at radius 2 is 0.600 bits per heavy atom. The van der Waals surface area contributed by atoms with Gasteiger partial charge < -0.3 is 29.3 Å². The molecule has 0 saturated heterocycles. The van der Waals surface area contributed by atoms with E-state index in [4.69, 9.17) is 9.47 Å². The van der Waals surface area contributed by atoms with Crippen molar-refractivity contribution in [3.8, 4) is 0 Å². The van der Waals surface area contributed by atoms with Crippen molar-refractivity contribution in [3.63, 3.8) is 0 Å². The molecule has 9 heteroatoms. The first kappa shape index (κ1) is 75.8. The molecule has 4 radical (unpaired) electrons. The first-order chi connectivity index (χ1) is 36.2. The fraction of sp³-hybridized carbons (Fsp3) is 0.667. The van der Waals surface area contributed by atoms with Crippen LogP contribution in [0.5, 0.6) is 0 Å². The fourth-order valence-corrected chi connectivity index (χ4v) is 8.39. The van der Waals surface area contributed by atoms with Crippen LogP contribution in [0.4, 0.5) is 0 Å². The van der Waals surface area contributed by atoms with E-state index >= 15 is 0 Å². The van der Waals surface area contributed by atoms with Gasteiger partial charge in [0.1, 0.15) is 0 Å². The summed E-state index contributed by atoms with van der Waals surface area (Å²) in [5.41, 5.74) is -0.121. The topological polar surface area (TPSA) is 133 Å². The van der Waals surface area contributed by atoms with E-state index in [9.17, 15) is 29.4 Å². The summed E-state index contributed by atoms with van der Waals surface area (Å²) in [6.45, 7) is 20.2. The van der Waals surface area contributed by atoms with Crippen molar-refractivity contribution in [1.82, 2.24) is 0 Å². The number of esters is 2. The van der Waals surface area contributed by atoms with Crippen LogP contribution in [0.1, 0.15) is 312 Å². The summed E-state index contributed by atoms with van der Waals surface area (Å²) in [5.74, 6) is -3.90. The van der Waals surface area contributed by atoms with Crippen LogP contribution in [-0.2, 0) is 9.47 Å². The third-order valence-electron chi connectivity index (χ3n) is 13.0. The maximum atomic E-state index is 12.0. The molecule has 0 fully saturated rings. The van der Waals surface area contributed by atoms with E-state index in [1.54, 1.807) is 24.3 Å². The normalized spacial score (nSPS) is 10.3. The van der Waals surface area contributed by atoms with Crippen LogP contribution in [0.15, 0.2) is 73.8 Å². The number of rotatable bonds is 46. The molecular weight excluding hydrogens is 1040 g/mol. The van der Waals surface area contributed by atoms with Crippen LogP contribution < -0.4 is 10.2 Å². The molecule has 2 rings (SSSR count). The average Bonchev–Trinajstić information content (AvgIpc) is 3.41. The summed E-state index contributed by atoms with van der Waals surface area (Å²) in [5, 5.41) is 22.1. The molecule has 8 nitrogen and oxygen atoms in total. The molecule has 0 N–H and O–H groups in total. The van der Waals surface area contributed by atoms with Crippen LogP contribution in [-0.4, -0.2) is 61.0 Å². The zero-order valence-corrected chi connectivity index (χ0v) is 50.9. The van der Waals surface area contributed by atoms with Gasteiger partial charge in [0.25, 0.3) is 0 Å². The molecule has 424 valence electrons. The Kier molecular flexibility index (Phi) is 62.1. The van der Waals surface area contributed by atoms with Crippen LogP contribution in [0, 0.1) is 13.8 Å². The number of hydrogen-bond acceptors (Lipinski definition) is 8. The van der Waals surface area contributed by atoms with Crippen molar-refractivity contribution in [3.05, 3.63) is 110 Å². The minimum atomic E-state index is -1.36. The Balaban J connectivity index is -0.00000106. The second-order valence-corrected chi connectivity index (χ2v) is 19.8. The second-order valence-electron chi connectivity index (χ2n) is 19.8. The number of ether oxygens (including phenoxy) is 2. The Hall–Kier alpha value is -3.40. The van der Waals surface area contributed by atoms with E-state index in [0.717, 1.165) is 64.2 Å². The van der Waals surface area contributed by atoms with Gasteiger partial charge in [0.15, 0.2) is 0 Å². The Morgan fingerprint density at radius 3 is 0.840 bits per heavy atom. The predicted octanol–water partition coefficient (Wildman–Crippen LogP) is 17.7. The van der Waals surface area contributed by atoms with Gasteiger partial charge >= 0.3 is 35.8 Å². The van der Waals surface area contributed by atoms with E-state index in [0.29, 0.717) is 13.2 Å². The molecule has 0 heterocycles. The zero-order valence-electron chi connectivity index (χ0n) is 48.1. The molecule has 2 aromatic carbocycles. The monoisotopic (exact) mass is 1150 g/mol. The van der Waals surface area contributed by atoms with E-state index in [1.807, 2.05) is 12.2 Å². The number of aromatic carboxylic acids is 2. The number of carbonyl (C=O) groups excluding carboxylic acids is 4. The van der Waals surface area contributed by atoms with Crippen molar-refractivity contribution in [1.29, 1.82) is 0 Å². The summed E-state index contributed by atoms with van der Waals surface area (Å²) in [6, 6.07) is 12.0. The second kappa shape index (κ2) is 61.5.